The van der Waals surface area contributed by atoms with Crippen LogP contribution in [0.4, 0.5) is 0 Å². The summed E-state index contributed by atoms with van der Waals surface area (Å²) < 4.78 is 0. The highest BCUT2D eigenvalue weighted by Crippen LogP contribution is 2.28. The Hall–Kier alpha value is -2.92. The van der Waals surface area contributed by atoms with E-state index >= 15 is 0 Å². The molecular weight excluding hydrogens is 350 g/mol. The standard InChI is InChI=1S/C23H25N3O2/c27-22(17-21-19-10-4-5-11-20(19)23(28)24-21)26-15-13-25(14-16-26)12-6-9-18-7-2-1-3-8-18/h1-11,21H,12-17H2,(H,24,28)/b9-6+. The van der Waals surface area contributed by atoms with Gasteiger partial charge in [-0.2, -0.15) is 0 Å². The van der Waals surface area contributed by atoms with E-state index in [1.54, 1.807) is 0 Å². The van der Waals surface area contributed by atoms with Gasteiger partial charge in [-0.3, -0.25) is 14.5 Å². The zero-order chi connectivity index (χ0) is 19.3. The van der Waals surface area contributed by atoms with E-state index in [4.69, 9.17) is 0 Å². The summed E-state index contributed by atoms with van der Waals surface area (Å²) in [6.45, 7) is 4.11. The predicted molar refractivity (Wildman–Crippen MR) is 110 cm³/mol. The van der Waals surface area contributed by atoms with Crippen LogP contribution >= 0.6 is 0 Å². The van der Waals surface area contributed by atoms with Gasteiger partial charge < -0.3 is 10.2 Å². The van der Waals surface area contributed by atoms with Gasteiger partial charge in [-0.1, -0.05) is 60.7 Å². The number of amides is 2. The first-order valence-electron chi connectivity index (χ1n) is 9.82. The Morgan fingerprint density at radius 2 is 1.71 bits per heavy atom. The summed E-state index contributed by atoms with van der Waals surface area (Å²) >= 11 is 0. The third kappa shape index (κ3) is 4.15. The summed E-state index contributed by atoms with van der Waals surface area (Å²) in [5.41, 5.74) is 2.83. The van der Waals surface area contributed by atoms with Gasteiger partial charge in [0.15, 0.2) is 0 Å². The molecular formula is C23H25N3O2. The fourth-order valence-electron chi connectivity index (χ4n) is 3.87. The van der Waals surface area contributed by atoms with Gasteiger partial charge >= 0.3 is 0 Å². The summed E-state index contributed by atoms with van der Waals surface area (Å²) in [6, 6.07) is 17.6. The van der Waals surface area contributed by atoms with Crippen LogP contribution in [0, 0.1) is 0 Å². The van der Waals surface area contributed by atoms with E-state index < -0.39 is 0 Å². The maximum atomic E-state index is 12.7. The van der Waals surface area contributed by atoms with E-state index in [1.165, 1.54) is 5.56 Å². The van der Waals surface area contributed by atoms with E-state index in [0.29, 0.717) is 12.0 Å². The molecule has 0 aliphatic carbocycles. The van der Waals surface area contributed by atoms with Crippen LogP contribution in [0.15, 0.2) is 60.7 Å². The smallest absolute Gasteiger partial charge is 0.252 e. The molecule has 28 heavy (non-hydrogen) atoms. The van der Waals surface area contributed by atoms with Crippen molar-refractivity contribution in [1.82, 2.24) is 15.1 Å². The number of hydrogen-bond acceptors (Lipinski definition) is 3. The molecule has 1 saturated heterocycles. The van der Waals surface area contributed by atoms with Crippen LogP contribution in [0.2, 0.25) is 0 Å². The molecule has 4 rings (SSSR count). The third-order valence-corrected chi connectivity index (χ3v) is 5.46. The predicted octanol–water partition coefficient (Wildman–Crippen LogP) is 2.72. The SMILES string of the molecule is O=C1NC(CC(=O)N2CCN(C/C=C/c3ccccc3)CC2)c2ccccc21. The largest absolute Gasteiger partial charge is 0.345 e. The van der Waals surface area contributed by atoms with Gasteiger partial charge in [0.05, 0.1) is 12.5 Å². The molecule has 1 unspecified atom stereocenters. The first kappa shape index (κ1) is 18.4. The van der Waals surface area contributed by atoms with Crippen molar-refractivity contribution in [3.8, 4) is 0 Å². The van der Waals surface area contributed by atoms with Gasteiger partial charge in [-0.05, 0) is 17.2 Å². The Morgan fingerprint density at radius 3 is 2.50 bits per heavy atom. The molecule has 1 atom stereocenters. The quantitative estimate of drug-likeness (QED) is 0.874. The van der Waals surface area contributed by atoms with E-state index in [-0.39, 0.29) is 17.9 Å². The molecule has 144 valence electrons. The molecule has 0 saturated carbocycles. The van der Waals surface area contributed by atoms with Crippen LogP contribution in [-0.4, -0.2) is 54.3 Å². The Balaban J connectivity index is 1.26. The Kier molecular flexibility index (Phi) is 5.53. The monoisotopic (exact) mass is 375 g/mol. The summed E-state index contributed by atoms with van der Waals surface area (Å²) in [4.78, 5) is 29.0. The molecule has 2 amide bonds. The molecule has 2 heterocycles. The van der Waals surface area contributed by atoms with Gasteiger partial charge in [-0.15, -0.1) is 0 Å². The van der Waals surface area contributed by atoms with E-state index in [1.807, 2.05) is 47.4 Å². The third-order valence-electron chi connectivity index (χ3n) is 5.46. The minimum atomic E-state index is -0.206. The van der Waals surface area contributed by atoms with E-state index in [2.05, 4.69) is 34.5 Å². The maximum Gasteiger partial charge on any atom is 0.252 e. The second kappa shape index (κ2) is 8.40. The summed E-state index contributed by atoms with van der Waals surface area (Å²) in [5, 5.41) is 2.94. The summed E-state index contributed by atoms with van der Waals surface area (Å²) in [6.07, 6.45) is 4.65. The number of nitrogens with one attached hydrogen (secondary N) is 1. The maximum absolute atomic E-state index is 12.7. The second-order valence-corrected chi connectivity index (χ2v) is 7.31. The van der Waals surface area contributed by atoms with Crippen molar-refractivity contribution in [3.63, 3.8) is 0 Å². The number of benzene rings is 2. The lowest BCUT2D eigenvalue weighted by molar-refractivity contribution is -0.133. The van der Waals surface area contributed by atoms with Crippen molar-refractivity contribution in [2.75, 3.05) is 32.7 Å². The van der Waals surface area contributed by atoms with Crippen LogP contribution in [0.5, 0.6) is 0 Å². The van der Waals surface area contributed by atoms with Crippen molar-refractivity contribution in [2.45, 2.75) is 12.5 Å². The lowest BCUT2D eigenvalue weighted by Crippen LogP contribution is -2.49. The van der Waals surface area contributed by atoms with Crippen molar-refractivity contribution in [1.29, 1.82) is 0 Å². The number of hydrogen-bond donors (Lipinski definition) is 1. The number of carbonyl (C=O) groups is 2. The molecule has 2 aliphatic rings. The normalized spacial score (nSPS) is 19.6. The van der Waals surface area contributed by atoms with Crippen molar-refractivity contribution in [2.24, 2.45) is 0 Å². The average molecular weight is 375 g/mol. The minimum Gasteiger partial charge on any atom is -0.345 e. The Bertz CT molecular complexity index is 870. The molecule has 5 heteroatoms. The molecule has 1 N–H and O–H groups in total. The van der Waals surface area contributed by atoms with Gasteiger partial charge in [0.1, 0.15) is 0 Å². The molecule has 1 fully saturated rings. The van der Waals surface area contributed by atoms with E-state index in [9.17, 15) is 9.59 Å². The first-order chi connectivity index (χ1) is 13.7. The minimum absolute atomic E-state index is 0.0802. The van der Waals surface area contributed by atoms with Crippen LogP contribution < -0.4 is 5.32 Å². The number of piperazine rings is 1. The van der Waals surface area contributed by atoms with Gasteiger partial charge in [0, 0.05) is 38.3 Å². The van der Waals surface area contributed by atoms with E-state index in [0.717, 1.165) is 38.3 Å². The molecule has 2 aliphatic heterocycles. The highest BCUT2D eigenvalue weighted by molar-refractivity contribution is 5.99. The van der Waals surface area contributed by atoms with Crippen molar-refractivity contribution < 1.29 is 9.59 Å². The van der Waals surface area contributed by atoms with Gasteiger partial charge in [0.2, 0.25) is 5.91 Å². The Labute approximate surface area is 165 Å². The lowest BCUT2D eigenvalue weighted by atomic mass is 10.0. The van der Waals surface area contributed by atoms with Crippen LogP contribution in [0.3, 0.4) is 0 Å². The van der Waals surface area contributed by atoms with Crippen LogP contribution in [-0.2, 0) is 4.79 Å². The fraction of sp³-hybridized carbons (Fsp3) is 0.304. The summed E-state index contributed by atoms with van der Waals surface area (Å²) in [5.74, 6) is 0.0323. The average Bonchev–Trinajstić information content (AvgIpc) is 3.05. The summed E-state index contributed by atoms with van der Waals surface area (Å²) in [7, 11) is 0. The zero-order valence-corrected chi connectivity index (χ0v) is 15.9. The molecule has 2 aromatic rings. The van der Waals surface area contributed by atoms with Crippen molar-refractivity contribution >= 4 is 17.9 Å². The van der Waals surface area contributed by atoms with Crippen molar-refractivity contribution in [3.05, 3.63) is 77.4 Å². The number of carbonyl (C=O) groups excluding carboxylic acids is 2. The first-order valence-corrected chi connectivity index (χ1v) is 9.82. The molecule has 5 nitrogen and oxygen atoms in total. The highest BCUT2D eigenvalue weighted by atomic mass is 16.2. The van der Waals surface area contributed by atoms with Gasteiger partial charge in [-0.25, -0.2) is 0 Å². The van der Waals surface area contributed by atoms with Crippen LogP contribution in [0.25, 0.3) is 6.08 Å². The fourth-order valence-corrected chi connectivity index (χ4v) is 3.87. The molecule has 0 bridgehead atoms. The zero-order valence-electron chi connectivity index (χ0n) is 15.9. The molecule has 0 spiro atoms. The Morgan fingerprint density at radius 1 is 1.00 bits per heavy atom. The topological polar surface area (TPSA) is 52.7 Å². The van der Waals surface area contributed by atoms with Crippen LogP contribution in [0.1, 0.15) is 33.9 Å². The number of fused-ring (bicyclic) bond motifs is 1. The number of rotatable bonds is 5. The second-order valence-electron chi connectivity index (χ2n) is 7.31. The molecule has 0 aromatic heterocycles. The van der Waals surface area contributed by atoms with Gasteiger partial charge in [0.25, 0.3) is 5.91 Å². The number of nitrogens with zero attached hydrogens (tertiary/aromatic N) is 2. The molecule has 0 radical (unpaired) electrons. The molecule has 2 aromatic carbocycles. The highest BCUT2D eigenvalue weighted by Gasteiger charge is 2.31. The lowest BCUT2D eigenvalue weighted by Gasteiger charge is -2.34.